The number of aryl methyl sites for hydroxylation is 2. The molecule has 2 atom stereocenters. The number of pyridine rings is 1. The molecular formula is C26H22N4O3. The highest BCUT2D eigenvalue weighted by molar-refractivity contribution is 6.14. The van der Waals surface area contributed by atoms with Crippen LogP contribution in [0.25, 0.3) is 0 Å². The molecule has 0 saturated carbocycles. The number of nitriles is 1. The van der Waals surface area contributed by atoms with Gasteiger partial charge in [-0.3, -0.25) is 15.0 Å². The normalized spacial score (nSPS) is 20.9. The number of amides is 1. The van der Waals surface area contributed by atoms with E-state index in [0.29, 0.717) is 16.9 Å². The zero-order chi connectivity index (χ0) is 23.5. The average molecular weight is 438 g/mol. The summed E-state index contributed by atoms with van der Waals surface area (Å²) in [5.41, 5.74) is 1.87. The number of ether oxygens (including phenoxy) is 1. The Kier molecular flexibility index (Phi) is 4.50. The Bertz CT molecular complexity index is 1450. The number of nitrogens with zero attached hydrogens (tertiary/aromatic N) is 3. The molecule has 2 unspecified atom stereocenters. The van der Waals surface area contributed by atoms with Crippen molar-refractivity contribution in [1.29, 1.82) is 10.7 Å². The number of benzene rings is 2. The van der Waals surface area contributed by atoms with Gasteiger partial charge >= 0.3 is 0 Å². The molecule has 5 rings (SSSR count). The number of para-hydroxylation sites is 1. The summed E-state index contributed by atoms with van der Waals surface area (Å²) in [6, 6.07) is 18.8. The highest BCUT2D eigenvalue weighted by Crippen LogP contribution is 2.54. The molecule has 2 aliphatic rings. The lowest BCUT2D eigenvalue weighted by Gasteiger charge is -2.37. The second-order valence-electron chi connectivity index (χ2n) is 8.62. The highest BCUT2D eigenvalue weighted by Gasteiger charge is 2.63. The number of carbonyl (C=O) groups excluding carboxylic acids is 1. The molecule has 0 fully saturated rings. The Morgan fingerprint density at radius 2 is 1.88 bits per heavy atom. The molecule has 0 radical (unpaired) electrons. The highest BCUT2D eigenvalue weighted by atomic mass is 16.5. The predicted octanol–water partition coefficient (Wildman–Crippen LogP) is 3.34. The van der Waals surface area contributed by atoms with Crippen molar-refractivity contribution in [1.82, 2.24) is 4.57 Å². The van der Waals surface area contributed by atoms with Gasteiger partial charge in [0.1, 0.15) is 17.1 Å². The lowest BCUT2D eigenvalue weighted by molar-refractivity contribution is -0.122. The van der Waals surface area contributed by atoms with Gasteiger partial charge in [0.15, 0.2) is 0 Å². The molecule has 2 aliphatic heterocycles. The average Bonchev–Trinajstić information content (AvgIpc) is 3.01. The summed E-state index contributed by atoms with van der Waals surface area (Å²) in [4.78, 5) is 29.5. The lowest BCUT2D eigenvalue weighted by atomic mass is 9.65. The number of hydrogen-bond donors (Lipinski definition) is 1. The van der Waals surface area contributed by atoms with Crippen molar-refractivity contribution in [2.24, 2.45) is 13.0 Å². The van der Waals surface area contributed by atoms with Gasteiger partial charge in [0.25, 0.3) is 5.56 Å². The van der Waals surface area contributed by atoms with Crippen LogP contribution in [0, 0.1) is 36.5 Å². The minimum atomic E-state index is -1.65. The third kappa shape index (κ3) is 2.70. The van der Waals surface area contributed by atoms with Crippen molar-refractivity contribution in [3.63, 3.8) is 0 Å². The molecule has 7 heteroatoms. The molecule has 0 bridgehead atoms. The Morgan fingerprint density at radius 1 is 1.12 bits per heavy atom. The van der Waals surface area contributed by atoms with Crippen molar-refractivity contribution in [3.8, 4) is 11.8 Å². The summed E-state index contributed by atoms with van der Waals surface area (Å²) >= 11 is 0. The van der Waals surface area contributed by atoms with Crippen LogP contribution in [0.1, 0.15) is 27.9 Å². The number of nitrogens with one attached hydrogen (secondary N) is 1. The van der Waals surface area contributed by atoms with Gasteiger partial charge in [-0.15, -0.1) is 0 Å². The van der Waals surface area contributed by atoms with Crippen molar-refractivity contribution in [2.75, 3.05) is 4.90 Å². The van der Waals surface area contributed by atoms with Crippen LogP contribution < -0.4 is 15.2 Å². The molecular weight excluding hydrogens is 416 g/mol. The van der Waals surface area contributed by atoms with Gasteiger partial charge in [0.2, 0.25) is 11.8 Å². The van der Waals surface area contributed by atoms with Crippen molar-refractivity contribution >= 4 is 17.5 Å². The quantitative estimate of drug-likeness (QED) is 0.663. The minimum Gasteiger partial charge on any atom is -0.441 e. The van der Waals surface area contributed by atoms with Crippen LogP contribution in [0.4, 0.5) is 5.69 Å². The third-order valence-corrected chi connectivity index (χ3v) is 6.70. The standard InChI is InChI=1S/C26H22N4O3/c1-15-7-6-8-17(11-15)14-30-20-10-5-4-9-18(20)26(25(30)32)19(13-27)23(28)33-21-12-16(2)29(3)24(31)22(21)26/h4-12,19,28H,14H2,1-3H3. The van der Waals surface area contributed by atoms with Crippen molar-refractivity contribution in [3.05, 3.63) is 92.9 Å². The van der Waals surface area contributed by atoms with Crippen LogP contribution in [0.15, 0.2) is 59.4 Å². The Morgan fingerprint density at radius 3 is 2.61 bits per heavy atom. The first kappa shape index (κ1) is 20.7. The fraction of sp³-hybridized carbons (Fsp3) is 0.231. The molecule has 3 aromatic rings. The maximum Gasteiger partial charge on any atom is 0.258 e. The van der Waals surface area contributed by atoms with E-state index in [1.165, 1.54) is 4.57 Å². The SMILES string of the molecule is Cc1cccc(CN2C(=O)C3(c4ccccc42)c2c(cc(C)n(C)c2=O)OC(=N)C3C#N)c1. The van der Waals surface area contributed by atoms with Crippen LogP contribution in [-0.4, -0.2) is 16.4 Å². The van der Waals surface area contributed by atoms with Crippen LogP contribution in [-0.2, 0) is 23.8 Å². The first-order valence-corrected chi connectivity index (χ1v) is 10.6. The monoisotopic (exact) mass is 438 g/mol. The molecule has 1 N–H and O–H groups in total. The molecule has 7 nitrogen and oxygen atoms in total. The smallest absolute Gasteiger partial charge is 0.258 e. The van der Waals surface area contributed by atoms with Gasteiger partial charge in [-0.2, -0.15) is 5.26 Å². The summed E-state index contributed by atoms with van der Waals surface area (Å²) < 4.78 is 7.10. The maximum absolute atomic E-state index is 14.3. The molecule has 2 aromatic carbocycles. The summed E-state index contributed by atoms with van der Waals surface area (Å²) in [5.74, 6) is -1.84. The van der Waals surface area contributed by atoms with E-state index in [2.05, 4.69) is 6.07 Å². The molecule has 0 aliphatic carbocycles. The predicted molar refractivity (Wildman–Crippen MR) is 123 cm³/mol. The molecule has 1 aromatic heterocycles. The summed E-state index contributed by atoms with van der Waals surface area (Å²) in [7, 11) is 1.63. The molecule has 0 saturated heterocycles. The van der Waals surface area contributed by atoms with Gasteiger partial charge in [0.05, 0.1) is 18.2 Å². The van der Waals surface area contributed by atoms with Gasteiger partial charge < -0.3 is 14.2 Å². The van der Waals surface area contributed by atoms with E-state index in [4.69, 9.17) is 10.1 Å². The van der Waals surface area contributed by atoms with E-state index in [1.807, 2.05) is 43.3 Å². The van der Waals surface area contributed by atoms with Crippen molar-refractivity contribution in [2.45, 2.75) is 25.8 Å². The zero-order valence-electron chi connectivity index (χ0n) is 18.5. The van der Waals surface area contributed by atoms with Crippen LogP contribution >= 0.6 is 0 Å². The number of anilines is 1. The third-order valence-electron chi connectivity index (χ3n) is 6.70. The van der Waals surface area contributed by atoms with Gasteiger partial charge in [-0.05, 0) is 31.0 Å². The van der Waals surface area contributed by atoms with Gasteiger partial charge in [0, 0.05) is 24.5 Å². The number of rotatable bonds is 2. The fourth-order valence-corrected chi connectivity index (χ4v) is 5.06. The van der Waals surface area contributed by atoms with Gasteiger partial charge in [-0.1, -0.05) is 48.0 Å². The number of carbonyl (C=O) groups is 1. The first-order valence-electron chi connectivity index (χ1n) is 10.6. The minimum absolute atomic E-state index is 0.113. The topological polar surface area (TPSA) is 99.2 Å². The van der Waals surface area contributed by atoms with E-state index in [9.17, 15) is 14.9 Å². The lowest BCUT2D eigenvalue weighted by Crippen LogP contribution is -2.55. The summed E-state index contributed by atoms with van der Waals surface area (Å²) in [6.45, 7) is 4.03. The van der Waals surface area contributed by atoms with E-state index >= 15 is 0 Å². The van der Waals surface area contributed by atoms with Crippen LogP contribution in [0.3, 0.4) is 0 Å². The second kappa shape index (κ2) is 7.17. The molecule has 1 amide bonds. The Balaban J connectivity index is 1.83. The number of fused-ring (bicyclic) bond motifs is 4. The zero-order valence-corrected chi connectivity index (χ0v) is 18.5. The van der Waals surface area contributed by atoms with E-state index in [-0.39, 0.29) is 23.8 Å². The molecule has 3 heterocycles. The van der Waals surface area contributed by atoms with Crippen molar-refractivity contribution < 1.29 is 9.53 Å². The van der Waals surface area contributed by atoms with E-state index in [0.717, 1.165) is 11.1 Å². The fourth-order valence-electron chi connectivity index (χ4n) is 5.06. The Hall–Kier alpha value is -4.18. The maximum atomic E-state index is 14.3. The van der Waals surface area contributed by atoms with Crippen LogP contribution in [0.2, 0.25) is 0 Å². The van der Waals surface area contributed by atoms with E-state index in [1.54, 1.807) is 37.1 Å². The molecule has 164 valence electrons. The number of aromatic nitrogens is 1. The first-order chi connectivity index (χ1) is 15.8. The summed E-state index contributed by atoms with van der Waals surface area (Å²) in [6.07, 6.45) is 0. The van der Waals surface area contributed by atoms with Crippen LogP contribution in [0.5, 0.6) is 5.75 Å². The largest absolute Gasteiger partial charge is 0.441 e. The molecule has 33 heavy (non-hydrogen) atoms. The Labute approximate surface area is 191 Å². The van der Waals surface area contributed by atoms with E-state index < -0.39 is 22.8 Å². The number of hydrogen-bond acceptors (Lipinski definition) is 5. The molecule has 1 spiro atoms. The second-order valence-corrected chi connectivity index (χ2v) is 8.62. The summed E-state index contributed by atoms with van der Waals surface area (Å²) in [5, 5.41) is 18.6. The van der Waals surface area contributed by atoms with Gasteiger partial charge in [-0.25, -0.2) is 0 Å².